The van der Waals surface area contributed by atoms with Gasteiger partial charge in [-0.2, -0.15) is 0 Å². The minimum absolute atomic E-state index is 0.0123. The summed E-state index contributed by atoms with van der Waals surface area (Å²) < 4.78 is 0. The van der Waals surface area contributed by atoms with Crippen molar-refractivity contribution in [3.8, 4) is 0 Å². The first-order valence-electron chi connectivity index (χ1n) is 5.62. The molecule has 0 unspecified atom stereocenters. The summed E-state index contributed by atoms with van der Waals surface area (Å²) in [5.74, 6) is -0.494. The number of nitrogens with zero attached hydrogens (tertiary/aromatic N) is 1. The Morgan fingerprint density at radius 2 is 1.57 bits per heavy atom. The summed E-state index contributed by atoms with van der Waals surface area (Å²) in [4.78, 5) is 15.9. The molecular weight excluding hydrogens is 377 g/mol. The van der Waals surface area contributed by atoms with Gasteiger partial charge in [-0.1, -0.05) is 70.1 Å². The molecule has 0 aliphatic rings. The minimum atomic E-state index is -0.494. The lowest BCUT2D eigenvalue weighted by Gasteiger charge is -2.10. The maximum Gasteiger partial charge on any atom is 0.256 e. The highest BCUT2D eigenvalue weighted by Crippen LogP contribution is 2.34. The van der Waals surface area contributed by atoms with E-state index in [-0.39, 0.29) is 32.5 Å². The molecule has 0 aliphatic heterocycles. The van der Waals surface area contributed by atoms with E-state index in [9.17, 15) is 4.79 Å². The molecule has 1 amide bonds. The first-order valence-corrected chi connectivity index (χ1v) is 7.51. The van der Waals surface area contributed by atoms with E-state index < -0.39 is 5.91 Å². The highest BCUT2D eigenvalue weighted by molar-refractivity contribution is 6.50. The Bertz CT molecular complexity index is 688. The van der Waals surface area contributed by atoms with E-state index >= 15 is 0 Å². The van der Waals surface area contributed by atoms with Crippen LogP contribution in [0, 0.1) is 0 Å². The van der Waals surface area contributed by atoms with E-state index in [2.05, 4.69) is 10.3 Å². The van der Waals surface area contributed by atoms with Crippen molar-refractivity contribution in [1.82, 2.24) is 10.3 Å². The number of halogens is 5. The van der Waals surface area contributed by atoms with Crippen molar-refractivity contribution < 1.29 is 4.79 Å². The summed E-state index contributed by atoms with van der Waals surface area (Å²) in [6, 6.07) is 7.03. The Morgan fingerprint density at radius 3 is 2.19 bits per heavy atom. The Labute approximate surface area is 146 Å². The second-order valence-electron chi connectivity index (χ2n) is 4.01. The molecule has 0 saturated carbocycles. The molecule has 0 radical (unpaired) electrons. The molecule has 0 bridgehead atoms. The second-order valence-corrected chi connectivity index (χ2v) is 5.91. The largest absolute Gasteiger partial charge is 0.348 e. The molecule has 1 N–H and O–H groups in total. The van der Waals surface area contributed by atoms with E-state index in [0.717, 1.165) is 5.56 Å². The molecule has 1 heterocycles. The highest BCUT2D eigenvalue weighted by atomic mass is 35.5. The maximum absolute atomic E-state index is 12.1. The lowest BCUT2D eigenvalue weighted by molar-refractivity contribution is 0.0951. The van der Waals surface area contributed by atoms with Gasteiger partial charge in [0, 0.05) is 11.6 Å². The first-order chi connectivity index (χ1) is 9.90. The third-order valence-corrected chi connectivity index (χ3v) is 4.33. The fourth-order valence-electron chi connectivity index (χ4n) is 1.55. The maximum atomic E-state index is 12.1. The van der Waals surface area contributed by atoms with Crippen LogP contribution in [0.4, 0.5) is 0 Å². The minimum Gasteiger partial charge on any atom is -0.348 e. The summed E-state index contributed by atoms with van der Waals surface area (Å²) in [7, 11) is 0. The lowest BCUT2D eigenvalue weighted by atomic mass is 10.2. The van der Waals surface area contributed by atoms with Gasteiger partial charge in [0.15, 0.2) is 5.15 Å². The van der Waals surface area contributed by atoms with Crippen molar-refractivity contribution in [3.05, 3.63) is 60.8 Å². The number of benzene rings is 1. The molecule has 0 fully saturated rings. The van der Waals surface area contributed by atoms with Gasteiger partial charge in [0.25, 0.3) is 5.91 Å². The van der Waals surface area contributed by atoms with Gasteiger partial charge in [0.2, 0.25) is 0 Å². The van der Waals surface area contributed by atoms with Crippen LogP contribution in [0.2, 0.25) is 25.4 Å². The van der Waals surface area contributed by atoms with Gasteiger partial charge >= 0.3 is 0 Å². The first kappa shape index (κ1) is 16.7. The lowest BCUT2D eigenvalue weighted by Crippen LogP contribution is -2.24. The zero-order valence-corrected chi connectivity index (χ0v) is 14.0. The van der Waals surface area contributed by atoms with E-state index in [1.54, 1.807) is 24.3 Å². The number of carbonyl (C=O) groups is 1. The number of carbonyl (C=O) groups excluding carboxylic acids is 1. The number of amides is 1. The molecule has 0 atom stereocenters. The zero-order chi connectivity index (χ0) is 15.6. The molecule has 110 valence electrons. The van der Waals surface area contributed by atoms with Crippen molar-refractivity contribution in [1.29, 1.82) is 0 Å². The van der Waals surface area contributed by atoms with Gasteiger partial charge < -0.3 is 5.32 Å². The van der Waals surface area contributed by atoms with Crippen LogP contribution in [-0.2, 0) is 6.54 Å². The summed E-state index contributed by atoms with van der Waals surface area (Å²) in [5, 5.41) is 3.08. The molecule has 2 aromatic rings. The predicted molar refractivity (Wildman–Crippen MR) is 86.9 cm³/mol. The van der Waals surface area contributed by atoms with E-state index in [1.807, 2.05) is 0 Å². The van der Waals surface area contributed by atoms with Gasteiger partial charge in [-0.05, 0) is 17.7 Å². The normalized spacial score (nSPS) is 10.5. The average Bonchev–Trinajstić information content (AvgIpc) is 2.44. The number of nitrogens with one attached hydrogen (secondary N) is 1. The van der Waals surface area contributed by atoms with Gasteiger partial charge in [0.1, 0.15) is 5.15 Å². The van der Waals surface area contributed by atoms with Crippen LogP contribution in [-0.4, -0.2) is 10.9 Å². The number of pyridine rings is 1. The zero-order valence-electron chi connectivity index (χ0n) is 10.3. The van der Waals surface area contributed by atoms with E-state index in [0.29, 0.717) is 5.02 Å². The smallest absolute Gasteiger partial charge is 0.256 e. The van der Waals surface area contributed by atoms with Crippen LogP contribution < -0.4 is 5.32 Å². The number of rotatable bonds is 3. The molecule has 0 saturated heterocycles. The van der Waals surface area contributed by atoms with Gasteiger partial charge in [-0.3, -0.25) is 4.79 Å². The molecule has 0 spiro atoms. The number of hydrogen-bond donors (Lipinski definition) is 1. The third-order valence-electron chi connectivity index (χ3n) is 2.59. The monoisotopic (exact) mass is 382 g/mol. The van der Waals surface area contributed by atoms with Crippen molar-refractivity contribution in [3.63, 3.8) is 0 Å². The van der Waals surface area contributed by atoms with Crippen molar-refractivity contribution in [2.45, 2.75) is 6.54 Å². The molecular formula is C13H7Cl5N2O. The Kier molecular flexibility index (Phi) is 5.58. The van der Waals surface area contributed by atoms with Gasteiger partial charge in [-0.25, -0.2) is 4.98 Å². The van der Waals surface area contributed by atoms with Gasteiger partial charge in [0.05, 0.1) is 15.6 Å². The van der Waals surface area contributed by atoms with E-state index in [1.165, 1.54) is 0 Å². The molecule has 1 aromatic heterocycles. The Balaban J connectivity index is 2.18. The van der Waals surface area contributed by atoms with Crippen LogP contribution in [0.25, 0.3) is 0 Å². The van der Waals surface area contributed by atoms with Crippen molar-refractivity contribution in [2.24, 2.45) is 0 Å². The molecule has 8 heteroatoms. The van der Waals surface area contributed by atoms with E-state index in [4.69, 9.17) is 58.0 Å². The second kappa shape index (κ2) is 7.03. The predicted octanol–water partition coefficient (Wildman–Crippen LogP) is 5.28. The SMILES string of the molecule is O=C(NCc1ccc(Cl)cc1)c1c(Cl)nc(Cl)c(Cl)c1Cl. The molecule has 0 aliphatic carbocycles. The topological polar surface area (TPSA) is 42.0 Å². The summed E-state index contributed by atoms with van der Waals surface area (Å²) in [6.07, 6.45) is 0. The quantitative estimate of drug-likeness (QED) is 0.732. The fourth-order valence-corrected chi connectivity index (χ4v) is 2.66. The number of aromatic nitrogens is 1. The molecule has 2 rings (SSSR count). The van der Waals surface area contributed by atoms with Crippen LogP contribution in [0.3, 0.4) is 0 Å². The Morgan fingerprint density at radius 1 is 0.952 bits per heavy atom. The summed E-state index contributed by atoms with van der Waals surface area (Å²) in [5.41, 5.74) is 0.856. The Hall–Kier alpha value is -0.710. The fraction of sp³-hybridized carbons (Fsp3) is 0.0769. The van der Waals surface area contributed by atoms with Crippen LogP contribution in [0.5, 0.6) is 0 Å². The standard InChI is InChI=1S/C13H7Cl5N2O/c14-7-3-1-6(2-4-7)5-19-13(21)8-9(15)10(16)12(18)20-11(8)17/h1-4H,5H2,(H,19,21). The molecule has 3 nitrogen and oxygen atoms in total. The average molecular weight is 384 g/mol. The summed E-state index contributed by atoms with van der Waals surface area (Å²) >= 11 is 29.2. The molecule has 1 aromatic carbocycles. The molecule has 21 heavy (non-hydrogen) atoms. The summed E-state index contributed by atoms with van der Waals surface area (Å²) in [6.45, 7) is 0.281. The van der Waals surface area contributed by atoms with Crippen LogP contribution in [0.15, 0.2) is 24.3 Å². The van der Waals surface area contributed by atoms with Crippen molar-refractivity contribution in [2.75, 3.05) is 0 Å². The number of hydrogen-bond acceptors (Lipinski definition) is 2. The van der Waals surface area contributed by atoms with Crippen molar-refractivity contribution >= 4 is 63.9 Å². The van der Waals surface area contributed by atoms with Crippen LogP contribution in [0.1, 0.15) is 15.9 Å². The third kappa shape index (κ3) is 3.93. The van der Waals surface area contributed by atoms with Crippen LogP contribution >= 0.6 is 58.0 Å². The highest BCUT2D eigenvalue weighted by Gasteiger charge is 2.21. The van der Waals surface area contributed by atoms with Gasteiger partial charge in [-0.15, -0.1) is 0 Å².